The summed E-state index contributed by atoms with van der Waals surface area (Å²) >= 11 is 1.45. The first-order valence-electron chi connectivity index (χ1n) is 7.45. The zero-order chi connectivity index (χ0) is 14.9. The van der Waals surface area contributed by atoms with Crippen LogP contribution in [0.4, 0.5) is 5.13 Å². The second-order valence-electron chi connectivity index (χ2n) is 5.63. The van der Waals surface area contributed by atoms with E-state index < -0.39 is 0 Å². The Morgan fingerprint density at radius 3 is 2.86 bits per heavy atom. The van der Waals surface area contributed by atoms with Gasteiger partial charge in [-0.3, -0.25) is 4.68 Å². The molecule has 0 bridgehead atoms. The van der Waals surface area contributed by atoms with Crippen LogP contribution in [0.15, 0.2) is 36.5 Å². The van der Waals surface area contributed by atoms with E-state index >= 15 is 0 Å². The van der Waals surface area contributed by atoms with Crippen molar-refractivity contribution in [3.05, 3.63) is 47.9 Å². The molecule has 0 atom stereocenters. The van der Waals surface area contributed by atoms with E-state index in [0.717, 1.165) is 27.8 Å². The highest BCUT2D eigenvalue weighted by molar-refractivity contribution is 7.09. The van der Waals surface area contributed by atoms with E-state index in [9.17, 15) is 0 Å². The Kier molecular flexibility index (Phi) is 3.38. The lowest BCUT2D eigenvalue weighted by molar-refractivity contribution is 0.770. The molecule has 3 aromatic rings. The second kappa shape index (κ2) is 5.53. The minimum absolute atomic E-state index is 0.602. The molecule has 2 heterocycles. The van der Waals surface area contributed by atoms with Crippen LogP contribution in [0.1, 0.15) is 30.1 Å². The Hall–Kier alpha value is -2.21. The van der Waals surface area contributed by atoms with Gasteiger partial charge in [0.15, 0.2) is 0 Å². The zero-order valence-corrected chi connectivity index (χ0v) is 13.2. The van der Waals surface area contributed by atoms with Gasteiger partial charge in [0.2, 0.25) is 5.13 Å². The Labute approximate surface area is 133 Å². The van der Waals surface area contributed by atoms with Crippen molar-refractivity contribution < 1.29 is 0 Å². The van der Waals surface area contributed by atoms with Gasteiger partial charge in [-0.05, 0) is 12.8 Å². The summed E-state index contributed by atoms with van der Waals surface area (Å²) in [6, 6.07) is 10.3. The summed E-state index contributed by atoms with van der Waals surface area (Å²) in [6.07, 6.45) is 4.52. The van der Waals surface area contributed by atoms with E-state index in [-0.39, 0.29) is 0 Å². The minimum atomic E-state index is 0.602. The van der Waals surface area contributed by atoms with Gasteiger partial charge in [-0.2, -0.15) is 9.47 Å². The number of benzene rings is 1. The summed E-state index contributed by atoms with van der Waals surface area (Å²) < 4.78 is 6.28. The van der Waals surface area contributed by atoms with Crippen molar-refractivity contribution in [2.24, 2.45) is 7.05 Å². The number of nitrogens with zero attached hydrogens (tertiary/aromatic N) is 4. The molecule has 2 aromatic heterocycles. The van der Waals surface area contributed by atoms with Crippen LogP contribution in [-0.2, 0) is 13.6 Å². The van der Waals surface area contributed by atoms with Crippen LogP contribution in [0, 0.1) is 0 Å². The third-order valence-corrected chi connectivity index (χ3v) is 4.45. The van der Waals surface area contributed by atoms with Gasteiger partial charge < -0.3 is 5.32 Å². The first kappa shape index (κ1) is 13.5. The third kappa shape index (κ3) is 2.74. The third-order valence-electron chi connectivity index (χ3n) is 3.77. The molecule has 1 N–H and O–H groups in total. The highest BCUT2D eigenvalue weighted by atomic mass is 32.1. The van der Waals surface area contributed by atoms with Gasteiger partial charge in [-0.25, -0.2) is 4.98 Å². The van der Waals surface area contributed by atoms with Crippen molar-refractivity contribution >= 4 is 16.7 Å². The topological polar surface area (TPSA) is 55.6 Å². The zero-order valence-electron chi connectivity index (χ0n) is 12.4. The molecule has 1 saturated carbocycles. The Morgan fingerprint density at radius 1 is 1.27 bits per heavy atom. The van der Waals surface area contributed by atoms with Gasteiger partial charge in [-0.1, -0.05) is 30.3 Å². The molecule has 1 aliphatic rings. The maximum atomic E-state index is 4.58. The Balaban J connectivity index is 1.52. The number of aromatic nitrogens is 4. The van der Waals surface area contributed by atoms with Gasteiger partial charge in [0.1, 0.15) is 5.82 Å². The quantitative estimate of drug-likeness (QED) is 0.784. The maximum Gasteiger partial charge on any atom is 0.202 e. The SMILES string of the molecule is Cn1cc(CNc2nc(C3CC3)ns2)c(-c2ccccc2)n1. The second-order valence-corrected chi connectivity index (χ2v) is 6.38. The molecule has 1 aromatic carbocycles. The smallest absolute Gasteiger partial charge is 0.202 e. The van der Waals surface area contributed by atoms with E-state index in [1.165, 1.54) is 24.4 Å². The van der Waals surface area contributed by atoms with Gasteiger partial charge in [0.25, 0.3) is 0 Å². The average molecular weight is 311 g/mol. The molecular formula is C16H17N5S. The monoisotopic (exact) mass is 311 g/mol. The summed E-state index contributed by atoms with van der Waals surface area (Å²) in [5.41, 5.74) is 3.32. The van der Waals surface area contributed by atoms with Crippen LogP contribution >= 0.6 is 11.5 Å². The number of hydrogen-bond donors (Lipinski definition) is 1. The first-order valence-corrected chi connectivity index (χ1v) is 8.22. The summed E-state index contributed by atoms with van der Waals surface area (Å²) in [5.74, 6) is 1.60. The van der Waals surface area contributed by atoms with E-state index in [0.29, 0.717) is 12.5 Å². The molecule has 4 rings (SSSR count). The molecule has 0 unspecified atom stereocenters. The maximum absolute atomic E-state index is 4.58. The van der Waals surface area contributed by atoms with Crippen molar-refractivity contribution in [1.29, 1.82) is 0 Å². The predicted molar refractivity (Wildman–Crippen MR) is 87.9 cm³/mol. The number of aryl methyl sites for hydroxylation is 1. The number of anilines is 1. The van der Waals surface area contributed by atoms with Crippen molar-refractivity contribution in [1.82, 2.24) is 19.1 Å². The number of hydrogen-bond acceptors (Lipinski definition) is 5. The molecule has 22 heavy (non-hydrogen) atoms. The summed E-state index contributed by atoms with van der Waals surface area (Å²) in [7, 11) is 1.95. The normalized spacial score (nSPS) is 14.2. The molecule has 0 aliphatic heterocycles. The minimum Gasteiger partial charge on any atom is -0.356 e. The predicted octanol–water partition coefficient (Wildman–Crippen LogP) is 3.43. The highest BCUT2D eigenvalue weighted by Crippen LogP contribution is 2.39. The van der Waals surface area contributed by atoms with Crippen molar-refractivity contribution in [2.75, 3.05) is 5.32 Å². The first-order chi connectivity index (χ1) is 10.8. The standard InChI is InChI=1S/C16H17N5S/c1-21-10-13(14(19-21)11-5-3-2-4-6-11)9-17-16-18-15(20-22-16)12-7-8-12/h2-6,10,12H,7-9H2,1H3,(H,17,18,20). The Morgan fingerprint density at radius 2 is 2.09 bits per heavy atom. The summed E-state index contributed by atoms with van der Waals surface area (Å²) in [6.45, 7) is 0.706. The lowest BCUT2D eigenvalue weighted by atomic mass is 10.1. The highest BCUT2D eigenvalue weighted by Gasteiger charge is 2.27. The lowest BCUT2D eigenvalue weighted by Gasteiger charge is -2.03. The molecule has 0 spiro atoms. The van der Waals surface area contributed by atoms with Gasteiger partial charge in [0.05, 0.1) is 5.69 Å². The van der Waals surface area contributed by atoms with E-state index in [4.69, 9.17) is 0 Å². The van der Waals surface area contributed by atoms with Crippen LogP contribution in [-0.4, -0.2) is 19.1 Å². The fourth-order valence-corrected chi connectivity index (χ4v) is 3.13. The van der Waals surface area contributed by atoms with Crippen LogP contribution in [0.3, 0.4) is 0 Å². The van der Waals surface area contributed by atoms with E-state index in [2.05, 4.69) is 38.1 Å². The fraction of sp³-hybridized carbons (Fsp3) is 0.312. The summed E-state index contributed by atoms with van der Waals surface area (Å²) in [4.78, 5) is 4.57. The molecular weight excluding hydrogens is 294 g/mol. The largest absolute Gasteiger partial charge is 0.356 e. The van der Waals surface area contributed by atoms with Gasteiger partial charge in [-0.15, -0.1) is 0 Å². The lowest BCUT2D eigenvalue weighted by Crippen LogP contribution is -1.99. The van der Waals surface area contributed by atoms with Crippen LogP contribution in [0.25, 0.3) is 11.3 Å². The number of rotatable bonds is 5. The van der Waals surface area contributed by atoms with E-state index in [1.54, 1.807) is 0 Å². The molecule has 6 heteroatoms. The van der Waals surface area contributed by atoms with Crippen LogP contribution < -0.4 is 5.32 Å². The van der Waals surface area contributed by atoms with Crippen molar-refractivity contribution in [3.63, 3.8) is 0 Å². The van der Waals surface area contributed by atoms with Gasteiger partial charge >= 0.3 is 0 Å². The van der Waals surface area contributed by atoms with Crippen molar-refractivity contribution in [2.45, 2.75) is 25.3 Å². The average Bonchev–Trinajstić information content (AvgIpc) is 3.16. The van der Waals surface area contributed by atoms with Crippen LogP contribution in [0.5, 0.6) is 0 Å². The Bertz CT molecular complexity index is 773. The fourth-order valence-electron chi connectivity index (χ4n) is 2.49. The van der Waals surface area contributed by atoms with Crippen LogP contribution in [0.2, 0.25) is 0 Å². The molecule has 0 amide bonds. The van der Waals surface area contributed by atoms with Crippen molar-refractivity contribution in [3.8, 4) is 11.3 Å². The molecule has 5 nitrogen and oxygen atoms in total. The van der Waals surface area contributed by atoms with E-state index in [1.807, 2.05) is 29.9 Å². The molecule has 0 radical (unpaired) electrons. The molecule has 1 aliphatic carbocycles. The molecule has 1 fully saturated rings. The molecule has 112 valence electrons. The molecule has 0 saturated heterocycles. The summed E-state index contributed by atoms with van der Waals surface area (Å²) in [5, 5.41) is 8.85. The van der Waals surface area contributed by atoms with Gasteiger partial charge in [0, 0.05) is 48.4 Å². The number of nitrogens with one attached hydrogen (secondary N) is 1.